The molecule has 1 atom stereocenters. The quantitative estimate of drug-likeness (QED) is 0.905. The zero-order valence-electron chi connectivity index (χ0n) is 9.75. The third kappa shape index (κ3) is 2.39. The van der Waals surface area contributed by atoms with Crippen molar-refractivity contribution in [2.45, 2.75) is 6.92 Å². The van der Waals surface area contributed by atoms with Gasteiger partial charge < -0.3 is 10.0 Å². The molecule has 5 heteroatoms. The molecule has 2 aromatic rings. The van der Waals surface area contributed by atoms with E-state index in [4.69, 9.17) is 5.11 Å². The highest BCUT2D eigenvalue weighted by Crippen LogP contribution is 2.28. The molecule has 2 aromatic heterocycles. The number of pyridine rings is 1. The van der Waals surface area contributed by atoms with Gasteiger partial charge >= 0.3 is 5.97 Å². The first kappa shape index (κ1) is 11.9. The molecule has 0 radical (unpaired) electrons. The van der Waals surface area contributed by atoms with E-state index in [0.717, 1.165) is 11.2 Å². The van der Waals surface area contributed by atoms with Gasteiger partial charge in [-0.2, -0.15) is 0 Å². The summed E-state index contributed by atoms with van der Waals surface area (Å²) in [7, 11) is 1.87. The summed E-state index contributed by atoms with van der Waals surface area (Å²) in [5.74, 6) is -0.345. The minimum Gasteiger partial charge on any atom is -0.481 e. The fourth-order valence-corrected chi connectivity index (χ4v) is 2.54. The molecule has 4 nitrogen and oxygen atoms in total. The number of carbonyl (C=O) groups is 1. The van der Waals surface area contributed by atoms with Gasteiger partial charge in [-0.05, 0) is 17.5 Å². The van der Waals surface area contributed by atoms with E-state index in [0.29, 0.717) is 6.54 Å². The van der Waals surface area contributed by atoms with Crippen LogP contribution in [0.1, 0.15) is 6.92 Å². The van der Waals surface area contributed by atoms with Crippen LogP contribution in [0.4, 0.5) is 5.82 Å². The van der Waals surface area contributed by atoms with Gasteiger partial charge in [0.2, 0.25) is 0 Å². The minimum absolute atomic E-state index is 0.407. The van der Waals surface area contributed by atoms with E-state index >= 15 is 0 Å². The number of rotatable bonds is 4. The molecular weight excluding hydrogens is 236 g/mol. The van der Waals surface area contributed by atoms with Crippen molar-refractivity contribution in [3.05, 3.63) is 23.7 Å². The van der Waals surface area contributed by atoms with E-state index in [1.807, 2.05) is 29.5 Å². The Morgan fingerprint density at radius 1 is 1.59 bits per heavy atom. The molecule has 0 aromatic carbocycles. The monoisotopic (exact) mass is 250 g/mol. The van der Waals surface area contributed by atoms with Crippen LogP contribution in [0.5, 0.6) is 0 Å². The van der Waals surface area contributed by atoms with Crippen molar-refractivity contribution in [2.24, 2.45) is 5.92 Å². The Morgan fingerprint density at radius 2 is 2.35 bits per heavy atom. The van der Waals surface area contributed by atoms with Crippen molar-refractivity contribution >= 4 is 33.2 Å². The fourth-order valence-electron chi connectivity index (χ4n) is 1.76. The summed E-state index contributed by atoms with van der Waals surface area (Å²) >= 11 is 1.66. The van der Waals surface area contributed by atoms with Gasteiger partial charge in [0.25, 0.3) is 0 Å². The Kier molecular flexibility index (Phi) is 3.28. The summed E-state index contributed by atoms with van der Waals surface area (Å²) in [6.07, 6.45) is 1.76. The number of thiophene rings is 1. The molecule has 17 heavy (non-hydrogen) atoms. The summed E-state index contributed by atoms with van der Waals surface area (Å²) < 4.78 is 1.17. The number of aliphatic carboxylic acids is 1. The molecule has 0 bridgehead atoms. The number of hydrogen-bond donors (Lipinski definition) is 1. The van der Waals surface area contributed by atoms with Crippen molar-refractivity contribution in [2.75, 3.05) is 18.5 Å². The molecule has 0 spiro atoms. The van der Waals surface area contributed by atoms with Crippen molar-refractivity contribution in [3.8, 4) is 0 Å². The van der Waals surface area contributed by atoms with E-state index < -0.39 is 11.9 Å². The second-order valence-electron chi connectivity index (χ2n) is 4.09. The van der Waals surface area contributed by atoms with E-state index in [1.54, 1.807) is 24.5 Å². The maximum atomic E-state index is 10.8. The lowest BCUT2D eigenvalue weighted by Crippen LogP contribution is -2.29. The SMILES string of the molecule is CC(CN(C)c1nccc2sccc12)C(=O)O. The molecule has 1 N–H and O–H groups in total. The maximum Gasteiger partial charge on any atom is 0.308 e. The first-order chi connectivity index (χ1) is 8.09. The predicted octanol–water partition coefficient (Wildman–Crippen LogP) is 2.45. The Hall–Kier alpha value is -1.62. The van der Waals surface area contributed by atoms with Gasteiger partial charge in [-0.25, -0.2) is 4.98 Å². The highest BCUT2D eigenvalue weighted by molar-refractivity contribution is 7.17. The lowest BCUT2D eigenvalue weighted by atomic mass is 10.1. The smallest absolute Gasteiger partial charge is 0.308 e. The second-order valence-corrected chi connectivity index (χ2v) is 5.03. The first-order valence-corrected chi connectivity index (χ1v) is 6.23. The zero-order valence-corrected chi connectivity index (χ0v) is 10.6. The summed E-state index contributed by atoms with van der Waals surface area (Å²) in [6.45, 7) is 2.16. The summed E-state index contributed by atoms with van der Waals surface area (Å²) in [5.41, 5.74) is 0. The van der Waals surface area contributed by atoms with Crippen LogP contribution < -0.4 is 4.90 Å². The van der Waals surface area contributed by atoms with Gasteiger partial charge in [0.15, 0.2) is 0 Å². The molecule has 0 saturated carbocycles. The molecule has 2 rings (SSSR count). The van der Waals surface area contributed by atoms with E-state index in [1.165, 1.54) is 4.70 Å². The molecule has 0 fully saturated rings. The lowest BCUT2D eigenvalue weighted by molar-refractivity contribution is -0.140. The summed E-state index contributed by atoms with van der Waals surface area (Å²) in [4.78, 5) is 17.1. The highest BCUT2D eigenvalue weighted by atomic mass is 32.1. The number of hydrogen-bond acceptors (Lipinski definition) is 4. The lowest BCUT2D eigenvalue weighted by Gasteiger charge is -2.21. The molecule has 2 heterocycles. The summed E-state index contributed by atoms with van der Waals surface area (Å²) in [6, 6.07) is 3.99. The molecule has 0 saturated heterocycles. The van der Waals surface area contributed by atoms with Crippen LogP contribution >= 0.6 is 11.3 Å². The third-order valence-corrected chi connectivity index (χ3v) is 3.57. The number of nitrogens with zero attached hydrogens (tertiary/aromatic N) is 2. The Balaban J connectivity index is 2.27. The highest BCUT2D eigenvalue weighted by Gasteiger charge is 2.16. The molecule has 0 amide bonds. The van der Waals surface area contributed by atoms with E-state index in [-0.39, 0.29) is 0 Å². The first-order valence-electron chi connectivity index (χ1n) is 5.35. The minimum atomic E-state index is -0.783. The number of aromatic nitrogens is 1. The number of carboxylic acid groups (broad SMARTS) is 1. The fraction of sp³-hybridized carbons (Fsp3) is 0.333. The van der Waals surface area contributed by atoms with Crippen molar-refractivity contribution in [3.63, 3.8) is 0 Å². The molecular formula is C12H14N2O2S. The second kappa shape index (κ2) is 4.71. The van der Waals surface area contributed by atoms with Crippen molar-refractivity contribution in [1.29, 1.82) is 0 Å². The molecule has 0 aliphatic carbocycles. The van der Waals surface area contributed by atoms with Gasteiger partial charge in [-0.1, -0.05) is 6.92 Å². The van der Waals surface area contributed by atoms with Crippen molar-refractivity contribution < 1.29 is 9.90 Å². The van der Waals surface area contributed by atoms with Gasteiger partial charge in [-0.15, -0.1) is 11.3 Å². The van der Waals surface area contributed by atoms with Crippen LogP contribution in [0.15, 0.2) is 23.7 Å². The van der Waals surface area contributed by atoms with E-state index in [2.05, 4.69) is 4.98 Å². The average molecular weight is 250 g/mol. The Labute approximate surface area is 104 Å². The maximum absolute atomic E-state index is 10.8. The number of fused-ring (bicyclic) bond motifs is 1. The van der Waals surface area contributed by atoms with Crippen LogP contribution in [-0.2, 0) is 4.79 Å². The van der Waals surface area contributed by atoms with E-state index in [9.17, 15) is 4.79 Å². The molecule has 0 aliphatic heterocycles. The van der Waals surface area contributed by atoms with Gasteiger partial charge in [0, 0.05) is 29.9 Å². The summed E-state index contributed by atoms with van der Waals surface area (Å²) in [5, 5.41) is 12.0. The number of carboxylic acids is 1. The molecule has 0 aliphatic rings. The van der Waals surface area contributed by atoms with Crippen LogP contribution in [-0.4, -0.2) is 29.7 Å². The van der Waals surface area contributed by atoms with Crippen LogP contribution in [0, 0.1) is 5.92 Å². The predicted molar refractivity (Wildman–Crippen MR) is 69.7 cm³/mol. The largest absolute Gasteiger partial charge is 0.481 e. The number of anilines is 1. The standard InChI is InChI=1S/C12H14N2O2S/c1-8(12(15)16)7-14(2)11-9-4-6-17-10(9)3-5-13-11/h3-6,8H,7H2,1-2H3,(H,15,16). The van der Waals surface area contributed by atoms with Crippen molar-refractivity contribution in [1.82, 2.24) is 4.98 Å². The molecule has 1 unspecified atom stereocenters. The Morgan fingerprint density at radius 3 is 3.06 bits per heavy atom. The van der Waals surface area contributed by atoms with Crippen LogP contribution in [0.25, 0.3) is 10.1 Å². The van der Waals surface area contributed by atoms with Crippen LogP contribution in [0.3, 0.4) is 0 Å². The van der Waals surface area contributed by atoms with Gasteiger partial charge in [-0.3, -0.25) is 4.79 Å². The van der Waals surface area contributed by atoms with Gasteiger partial charge in [0.1, 0.15) is 5.82 Å². The van der Waals surface area contributed by atoms with Crippen LogP contribution in [0.2, 0.25) is 0 Å². The zero-order chi connectivity index (χ0) is 12.4. The average Bonchev–Trinajstić information content (AvgIpc) is 2.76. The topological polar surface area (TPSA) is 53.4 Å². The molecule has 90 valence electrons. The van der Waals surface area contributed by atoms with Gasteiger partial charge in [0.05, 0.1) is 5.92 Å². The third-order valence-electron chi connectivity index (χ3n) is 2.69. The normalized spacial score (nSPS) is 12.6. The Bertz CT molecular complexity index is 538.